The third kappa shape index (κ3) is 3.87. The zero-order chi connectivity index (χ0) is 13.7. The number of hydrogen-bond donors (Lipinski definition) is 2. The van der Waals surface area contributed by atoms with Crippen molar-refractivity contribution in [1.82, 2.24) is 9.97 Å². The number of anilines is 3. The summed E-state index contributed by atoms with van der Waals surface area (Å²) in [4.78, 5) is 8.23. The molecule has 0 aliphatic rings. The summed E-state index contributed by atoms with van der Waals surface area (Å²) in [5.74, 6) is -0.330. The van der Waals surface area contributed by atoms with Crippen LogP contribution in [0, 0.1) is 11.6 Å². The van der Waals surface area contributed by atoms with Gasteiger partial charge in [0.25, 0.3) is 0 Å². The molecule has 100 valence electrons. The average molecular weight is 264 g/mol. The Balaban J connectivity index is 2.13. The van der Waals surface area contributed by atoms with E-state index in [1.54, 1.807) is 12.3 Å². The van der Waals surface area contributed by atoms with Crippen molar-refractivity contribution >= 4 is 17.5 Å². The van der Waals surface area contributed by atoms with Crippen LogP contribution in [0.25, 0.3) is 0 Å². The summed E-state index contributed by atoms with van der Waals surface area (Å²) in [7, 11) is 0. The Morgan fingerprint density at radius 2 is 1.89 bits per heavy atom. The highest BCUT2D eigenvalue weighted by molar-refractivity contribution is 5.56. The maximum absolute atomic E-state index is 13.1. The maximum atomic E-state index is 13.1. The Bertz CT molecular complexity index is 540. The van der Waals surface area contributed by atoms with Gasteiger partial charge in [0.05, 0.1) is 0 Å². The highest BCUT2D eigenvalue weighted by Crippen LogP contribution is 2.17. The fraction of sp³-hybridized carbons (Fsp3) is 0.231. The summed E-state index contributed by atoms with van der Waals surface area (Å²) in [5.41, 5.74) is 0.303. The summed E-state index contributed by atoms with van der Waals surface area (Å²) in [6.07, 6.45) is 2.53. The van der Waals surface area contributed by atoms with E-state index in [1.807, 2.05) is 6.92 Å². The summed E-state index contributed by atoms with van der Waals surface area (Å²) >= 11 is 0. The summed E-state index contributed by atoms with van der Waals surface area (Å²) in [6.45, 7) is 2.79. The standard InChI is InChI=1S/C13H14F2N4/c1-2-4-16-13-17-5-3-12(19-13)18-11-7-9(14)6-10(15)8-11/h3,5-8H,2,4H2,1H3,(H2,16,17,18,19). The van der Waals surface area contributed by atoms with E-state index in [-0.39, 0.29) is 0 Å². The molecule has 2 rings (SSSR count). The van der Waals surface area contributed by atoms with E-state index < -0.39 is 11.6 Å². The predicted octanol–water partition coefficient (Wildman–Crippen LogP) is 3.32. The van der Waals surface area contributed by atoms with Gasteiger partial charge in [0.1, 0.15) is 17.5 Å². The minimum absolute atomic E-state index is 0.303. The average Bonchev–Trinajstić information content (AvgIpc) is 2.35. The van der Waals surface area contributed by atoms with Gasteiger partial charge in [-0.05, 0) is 24.6 Å². The molecule has 0 spiro atoms. The molecule has 0 bridgehead atoms. The summed E-state index contributed by atoms with van der Waals surface area (Å²) in [6, 6.07) is 4.84. The van der Waals surface area contributed by atoms with Crippen molar-refractivity contribution < 1.29 is 8.78 Å². The van der Waals surface area contributed by atoms with Crippen molar-refractivity contribution in [2.45, 2.75) is 13.3 Å². The Morgan fingerprint density at radius 3 is 2.58 bits per heavy atom. The van der Waals surface area contributed by atoms with Crippen LogP contribution in [0.3, 0.4) is 0 Å². The van der Waals surface area contributed by atoms with E-state index in [1.165, 1.54) is 12.1 Å². The van der Waals surface area contributed by atoms with Crippen LogP contribution in [0.15, 0.2) is 30.5 Å². The third-order valence-electron chi connectivity index (χ3n) is 2.32. The molecule has 0 saturated carbocycles. The number of nitrogens with zero attached hydrogens (tertiary/aromatic N) is 2. The van der Waals surface area contributed by atoms with Crippen LogP contribution in [0.4, 0.5) is 26.2 Å². The fourth-order valence-electron chi connectivity index (χ4n) is 1.52. The molecule has 4 nitrogen and oxygen atoms in total. The topological polar surface area (TPSA) is 49.8 Å². The molecule has 0 aliphatic heterocycles. The molecule has 1 aromatic heterocycles. The van der Waals surface area contributed by atoms with Crippen LogP contribution >= 0.6 is 0 Å². The second kappa shape index (κ2) is 6.08. The van der Waals surface area contributed by atoms with Crippen molar-refractivity contribution in [2.75, 3.05) is 17.2 Å². The van der Waals surface area contributed by atoms with E-state index >= 15 is 0 Å². The lowest BCUT2D eigenvalue weighted by atomic mass is 10.3. The van der Waals surface area contributed by atoms with Crippen molar-refractivity contribution in [3.05, 3.63) is 42.1 Å². The van der Waals surface area contributed by atoms with E-state index in [0.717, 1.165) is 19.0 Å². The van der Waals surface area contributed by atoms with Crippen LogP contribution in [0.1, 0.15) is 13.3 Å². The molecule has 0 unspecified atom stereocenters. The molecule has 0 atom stereocenters. The minimum Gasteiger partial charge on any atom is -0.354 e. The molecule has 0 aliphatic carbocycles. The monoisotopic (exact) mass is 264 g/mol. The molecule has 19 heavy (non-hydrogen) atoms. The molecule has 2 N–H and O–H groups in total. The van der Waals surface area contributed by atoms with Gasteiger partial charge in [-0.3, -0.25) is 0 Å². The van der Waals surface area contributed by atoms with E-state index in [4.69, 9.17) is 0 Å². The first-order valence-electron chi connectivity index (χ1n) is 5.97. The van der Waals surface area contributed by atoms with Gasteiger partial charge in [0.15, 0.2) is 0 Å². The second-order valence-electron chi connectivity index (χ2n) is 3.98. The smallest absolute Gasteiger partial charge is 0.224 e. The van der Waals surface area contributed by atoms with Crippen LogP contribution < -0.4 is 10.6 Å². The van der Waals surface area contributed by atoms with E-state index in [0.29, 0.717) is 17.5 Å². The Labute approximate surface area is 109 Å². The fourth-order valence-corrected chi connectivity index (χ4v) is 1.52. The molecule has 1 heterocycles. The summed E-state index contributed by atoms with van der Waals surface area (Å²) < 4.78 is 26.1. The molecule has 0 saturated heterocycles. The third-order valence-corrected chi connectivity index (χ3v) is 2.32. The molecule has 6 heteroatoms. The van der Waals surface area contributed by atoms with Crippen molar-refractivity contribution in [3.8, 4) is 0 Å². The maximum Gasteiger partial charge on any atom is 0.224 e. The number of rotatable bonds is 5. The number of nitrogens with one attached hydrogen (secondary N) is 2. The SMILES string of the molecule is CCCNc1nccc(Nc2cc(F)cc(F)c2)n1. The zero-order valence-corrected chi connectivity index (χ0v) is 10.5. The van der Waals surface area contributed by atoms with Crippen molar-refractivity contribution in [1.29, 1.82) is 0 Å². The number of benzene rings is 1. The normalized spacial score (nSPS) is 10.3. The van der Waals surface area contributed by atoms with Crippen molar-refractivity contribution in [3.63, 3.8) is 0 Å². The molecule has 0 fully saturated rings. The highest BCUT2D eigenvalue weighted by atomic mass is 19.1. The molecular weight excluding hydrogens is 250 g/mol. The number of hydrogen-bond acceptors (Lipinski definition) is 4. The Kier molecular flexibility index (Phi) is 4.22. The lowest BCUT2D eigenvalue weighted by Gasteiger charge is -2.08. The molecule has 2 aromatic rings. The largest absolute Gasteiger partial charge is 0.354 e. The first-order chi connectivity index (χ1) is 9.17. The van der Waals surface area contributed by atoms with Crippen molar-refractivity contribution in [2.24, 2.45) is 0 Å². The van der Waals surface area contributed by atoms with Gasteiger partial charge in [0, 0.05) is 24.5 Å². The van der Waals surface area contributed by atoms with Crippen LogP contribution in [-0.4, -0.2) is 16.5 Å². The van der Waals surface area contributed by atoms with Crippen LogP contribution in [0.5, 0.6) is 0 Å². The Morgan fingerprint density at radius 1 is 1.16 bits per heavy atom. The number of halogens is 2. The Hall–Kier alpha value is -2.24. The van der Waals surface area contributed by atoms with Gasteiger partial charge in [-0.1, -0.05) is 6.92 Å². The van der Waals surface area contributed by atoms with Gasteiger partial charge in [0.2, 0.25) is 5.95 Å². The van der Waals surface area contributed by atoms with Gasteiger partial charge in [-0.15, -0.1) is 0 Å². The predicted molar refractivity (Wildman–Crippen MR) is 70.5 cm³/mol. The zero-order valence-electron chi connectivity index (χ0n) is 10.5. The van der Waals surface area contributed by atoms with E-state index in [9.17, 15) is 8.78 Å². The lowest BCUT2D eigenvalue weighted by molar-refractivity contribution is 0.584. The van der Waals surface area contributed by atoms with Gasteiger partial charge < -0.3 is 10.6 Å². The molecule has 1 aromatic carbocycles. The number of aromatic nitrogens is 2. The van der Waals surface area contributed by atoms with E-state index in [2.05, 4.69) is 20.6 Å². The van der Waals surface area contributed by atoms with Crippen LogP contribution in [0.2, 0.25) is 0 Å². The molecule has 0 amide bonds. The summed E-state index contributed by atoms with van der Waals surface area (Å²) in [5, 5.41) is 5.86. The van der Waals surface area contributed by atoms with Gasteiger partial charge >= 0.3 is 0 Å². The second-order valence-corrected chi connectivity index (χ2v) is 3.98. The quantitative estimate of drug-likeness (QED) is 0.869. The highest BCUT2D eigenvalue weighted by Gasteiger charge is 2.03. The van der Waals surface area contributed by atoms with Crippen LogP contribution in [-0.2, 0) is 0 Å². The first kappa shape index (κ1) is 13.2. The molecule has 0 radical (unpaired) electrons. The lowest BCUT2D eigenvalue weighted by Crippen LogP contribution is -2.05. The van der Waals surface area contributed by atoms with Gasteiger partial charge in [-0.25, -0.2) is 13.8 Å². The minimum atomic E-state index is -0.638. The first-order valence-corrected chi connectivity index (χ1v) is 5.97. The van der Waals surface area contributed by atoms with Gasteiger partial charge in [-0.2, -0.15) is 4.98 Å². The molecular formula is C13H14F2N4.